The van der Waals surface area contributed by atoms with E-state index in [2.05, 4.69) is 36.3 Å². The number of carbonyl (C=O) groups excluding carboxylic acids is 2. The van der Waals surface area contributed by atoms with Gasteiger partial charge in [0.25, 0.3) is 5.91 Å². The van der Waals surface area contributed by atoms with Crippen LogP contribution in [0.15, 0.2) is 11.9 Å². The molecular formula is C18H23N9O2. The first kappa shape index (κ1) is 17.9. The Balaban J connectivity index is 1.49. The van der Waals surface area contributed by atoms with Gasteiger partial charge in [-0.3, -0.25) is 10.1 Å². The fraction of sp³-hybridized carbons (Fsp3) is 0.500. The van der Waals surface area contributed by atoms with Gasteiger partial charge < -0.3 is 21.7 Å². The Morgan fingerprint density at radius 2 is 1.76 bits per heavy atom. The SMILES string of the molecule is NC1CCC(Nc2nc(NC3CC3)n3ncc(/C=C4\NC(=O)NC4=O)c3n2)CC1. The van der Waals surface area contributed by atoms with Crippen LogP contribution in [0.2, 0.25) is 0 Å². The van der Waals surface area contributed by atoms with Gasteiger partial charge in [-0.2, -0.15) is 19.6 Å². The molecule has 0 atom stereocenters. The van der Waals surface area contributed by atoms with E-state index < -0.39 is 11.9 Å². The summed E-state index contributed by atoms with van der Waals surface area (Å²) in [5, 5.41) is 15.9. The van der Waals surface area contributed by atoms with Crippen molar-refractivity contribution in [2.24, 2.45) is 5.73 Å². The molecule has 3 aliphatic rings. The second-order valence-electron chi connectivity index (χ2n) is 7.85. The summed E-state index contributed by atoms with van der Waals surface area (Å²) < 4.78 is 1.63. The molecule has 3 amide bonds. The molecule has 152 valence electrons. The van der Waals surface area contributed by atoms with Crippen LogP contribution in [0.4, 0.5) is 16.7 Å². The lowest BCUT2D eigenvalue weighted by Crippen LogP contribution is -2.33. The van der Waals surface area contributed by atoms with Crippen molar-refractivity contribution in [2.75, 3.05) is 10.6 Å². The van der Waals surface area contributed by atoms with E-state index in [0.717, 1.165) is 38.5 Å². The highest BCUT2D eigenvalue weighted by Crippen LogP contribution is 2.26. The van der Waals surface area contributed by atoms with Gasteiger partial charge in [0.15, 0.2) is 5.65 Å². The van der Waals surface area contributed by atoms with E-state index in [9.17, 15) is 9.59 Å². The third-order valence-corrected chi connectivity index (χ3v) is 5.43. The average molecular weight is 397 g/mol. The molecule has 0 unspecified atom stereocenters. The molecule has 11 heteroatoms. The van der Waals surface area contributed by atoms with Gasteiger partial charge in [-0.15, -0.1) is 0 Å². The summed E-state index contributed by atoms with van der Waals surface area (Å²) in [5.74, 6) is 0.648. The zero-order valence-electron chi connectivity index (χ0n) is 15.8. The molecule has 11 nitrogen and oxygen atoms in total. The topological polar surface area (TPSA) is 151 Å². The lowest BCUT2D eigenvalue weighted by Gasteiger charge is -2.26. The molecule has 2 saturated carbocycles. The van der Waals surface area contributed by atoms with Crippen molar-refractivity contribution in [1.29, 1.82) is 0 Å². The summed E-state index contributed by atoms with van der Waals surface area (Å²) in [6.07, 6.45) is 9.28. The quantitative estimate of drug-likeness (QED) is 0.363. The fourth-order valence-electron chi connectivity index (χ4n) is 3.65. The highest BCUT2D eigenvalue weighted by molar-refractivity contribution is 6.14. The number of fused-ring (bicyclic) bond motifs is 1. The van der Waals surface area contributed by atoms with E-state index in [0.29, 0.717) is 29.1 Å². The molecule has 2 aromatic heterocycles. The maximum absolute atomic E-state index is 11.9. The van der Waals surface area contributed by atoms with Crippen LogP contribution in [0.25, 0.3) is 11.7 Å². The Morgan fingerprint density at radius 3 is 2.45 bits per heavy atom. The number of amides is 3. The molecule has 3 fully saturated rings. The molecule has 1 saturated heterocycles. The number of rotatable bonds is 5. The van der Waals surface area contributed by atoms with Crippen LogP contribution in [0, 0.1) is 0 Å². The number of carbonyl (C=O) groups is 2. The van der Waals surface area contributed by atoms with Gasteiger partial charge in [0.1, 0.15) is 5.70 Å². The summed E-state index contributed by atoms with van der Waals surface area (Å²) in [4.78, 5) is 32.5. The van der Waals surface area contributed by atoms with Gasteiger partial charge in [-0.1, -0.05) is 0 Å². The van der Waals surface area contributed by atoms with Crippen LogP contribution < -0.4 is 27.0 Å². The Labute approximate surface area is 166 Å². The number of urea groups is 1. The minimum Gasteiger partial charge on any atom is -0.351 e. The second-order valence-corrected chi connectivity index (χ2v) is 7.85. The Hall–Kier alpha value is -3.21. The zero-order valence-corrected chi connectivity index (χ0v) is 15.8. The third-order valence-electron chi connectivity index (χ3n) is 5.43. The van der Waals surface area contributed by atoms with Crippen LogP contribution >= 0.6 is 0 Å². The monoisotopic (exact) mass is 397 g/mol. The molecular weight excluding hydrogens is 374 g/mol. The lowest BCUT2D eigenvalue weighted by molar-refractivity contribution is -0.115. The minimum atomic E-state index is -0.540. The van der Waals surface area contributed by atoms with Crippen LogP contribution in [0.1, 0.15) is 44.1 Å². The van der Waals surface area contributed by atoms with Crippen molar-refractivity contribution in [3.63, 3.8) is 0 Å². The predicted octanol–water partition coefficient (Wildman–Crippen LogP) is 0.561. The van der Waals surface area contributed by atoms with Gasteiger partial charge in [-0.05, 0) is 44.6 Å². The number of anilines is 2. The first-order chi connectivity index (χ1) is 14.0. The van der Waals surface area contributed by atoms with Crippen molar-refractivity contribution in [2.45, 2.75) is 56.7 Å². The van der Waals surface area contributed by atoms with Crippen LogP contribution in [-0.2, 0) is 4.79 Å². The first-order valence-corrected chi connectivity index (χ1v) is 9.93. The minimum absolute atomic E-state index is 0.163. The van der Waals surface area contributed by atoms with Gasteiger partial charge in [-0.25, -0.2) is 4.79 Å². The Kier molecular flexibility index (Phi) is 4.31. The summed E-state index contributed by atoms with van der Waals surface area (Å²) in [7, 11) is 0. The zero-order chi connectivity index (χ0) is 20.0. The van der Waals surface area contributed by atoms with Gasteiger partial charge in [0.05, 0.1) is 6.20 Å². The first-order valence-electron chi connectivity index (χ1n) is 9.93. The summed E-state index contributed by atoms with van der Waals surface area (Å²) in [6, 6.07) is 0.390. The molecule has 2 aromatic rings. The van der Waals surface area contributed by atoms with Crippen molar-refractivity contribution in [3.05, 3.63) is 17.5 Å². The summed E-state index contributed by atoms with van der Waals surface area (Å²) >= 11 is 0. The van der Waals surface area contributed by atoms with E-state index in [1.54, 1.807) is 16.8 Å². The van der Waals surface area contributed by atoms with Crippen LogP contribution in [-0.4, -0.2) is 49.6 Å². The van der Waals surface area contributed by atoms with E-state index in [4.69, 9.17) is 5.73 Å². The number of nitrogens with two attached hydrogens (primary N) is 1. The smallest absolute Gasteiger partial charge is 0.326 e. The van der Waals surface area contributed by atoms with E-state index >= 15 is 0 Å². The maximum atomic E-state index is 11.9. The van der Waals surface area contributed by atoms with Crippen LogP contribution in [0.3, 0.4) is 0 Å². The van der Waals surface area contributed by atoms with Crippen molar-refractivity contribution >= 4 is 35.6 Å². The van der Waals surface area contributed by atoms with Crippen molar-refractivity contribution < 1.29 is 9.59 Å². The molecule has 2 aliphatic carbocycles. The molecule has 0 spiro atoms. The van der Waals surface area contributed by atoms with Crippen molar-refractivity contribution in [1.82, 2.24) is 30.2 Å². The largest absolute Gasteiger partial charge is 0.351 e. The number of nitrogens with zero attached hydrogens (tertiary/aromatic N) is 4. The normalized spacial score (nSPS) is 25.9. The molecule has 29 heavy (non-hydrogen) atoms. The number of hydrogen-bond donors (Lipinski definition) is 5. The molecule has 0 radical (unpaired) electrons. The number of aromatic nitrogens is 4. The van der Waals surface area contributed by atoms with Gasteiger partial charge >= 0.3 is 6.03 Å². The second kappa shape index (κ2) is 6.99. The standard InChI is InChI=1S/C18H23N9O2/c19-10-1-3-11(4-2-10)21-16-24-14-9(7-13-15(28)25-18(29)23-13)8-20-27(14)17(26-16)22-12-5-6-12/h7-8,10-12H,1-6,19H2,(H2,21,22,24,26)(H2,23,25,28,29)/b13-7-. The maximum Gasteiger partial charge on any atom is 0.326 e. The van der Waals surface area contributed by atoms with Gasteiger partial charge in [0, 0.05) is 23.7 Å². The van der Waals surface area contributed by atoms with Crippen LogP contribution in [0.5, 0.6) is 0 Å². The Bertz CT molecular complexity index is 1000. The van der Waals surface area contributed by atoms with Gasteiger partial charge in [0.2, 0.25) is 11.9 Å². The summed E-state index contributed by atoms with van der Waals surface area (Å²) in [6.45, 7) is 0. The highest BCUT2D eigenvalue weighted by Gasteiger charge is 2.26. The Morgan fingerprint density at radius 1 is 1.03 bits per heavy atom. The third kappa shape index (κ3) is 3.73. The molecule has 0 aromatic carbocycles. The molecule has 5 rings (SSSR count). The van der Waals surface area contributed by atoms with E-state index in [1.807, 2.05) is 0 Å². The van der Waals surface area contributed by atoms with E-state index in [-0.39, 0.29) is 17.8 Å². The van der Waals surface area contributed by atoms with E-state index in [1.165, 1.54) is 0 Å². The predicted molar refractivity (Wildman–Crippen MR) is 106 cm³/mol. The molecule has 3 heterocycles. The molecule has 0 bridgehead atoms. The summed E-state index contributed by atoms with van der Waals surface area (Å²) in [5.41, 5.74) is 7.34. The number of imide groups is 1. The number of hydrogen-bond acceptors (Lipinski definition) is 8. The lowest BCUT2D eigenvalue weighted by atomic mass is 9.92. The fourth-order valence-corrected chi connectivity index (χ4v) is 3.65. The highest BCUT2D eigenvalue weighted by atomic mass is 16.2. The van der Waals surface area contributed by atoms with Crippen molar-refractivity contribution in [3.8, 4) is 0 Å². The molecule has 6 N–H and O–H groups in total. The average Bonchev–Trinajstić information content (AvgIpc) is 3.33. The number of nitrogens with one attached hydrogen (secondary N) is 4. The molecule has 1 aliphatic heterocycles.